The molecule has 0 unspecified atom stereocenters. The molecule has 10 nitrogen and oxygen atoms in total. The number of aromatic nitrogens is 4. The summed E-state index contributed by atoms with van der Waals surface area (Å²) in [4.78, 5) is 31.7. The van der Waals surface area contributed by atoms with Crippen LogP contribution in [0.3, 0.4) is 0 Å². The zero-order valence-corrected chi connectivity index (χ0v) is 18.4. The highest BCUT2D eigenvalue weighted by atomic mass is 32.2. The van der Waals surface area contributed by atoms with Crippen LogP contribution in [0.2, 0.25) is 0 Å². The van der Waals surface area contributed by atoms with Gasteiger partial charge < -0.3 is 9.72 Å². The van der Waals surface area contributed by atoms with E-state index in [4.69, 9.17) is 4.74 Å². The fourth-order valence-corrected chi connectivity index (χ4v) is 4.34. The number of pyridine rings is 1. The van der Waals surface area contributed by atoms with Gasteiger partial charge >= 0.3 is 5.69 Å². The fourth-order valence-electron chi connectivity index (χ4n) is 3.32. The van der Waals surface area contributed by atoms with Crippen molar-refractivity contribution in [2.45, 2.75) is 11.4 Å². The Balaban J connectivity index is 1.58. The number of fused-ring (bicyclic) bond motifs is 1. The number of nitrogens with one attached hydrogen (secondary N) is 2. The van der Waals surface area contributed by atoms with E-state index in [9.17, 15) is 18.0 Å². The third kappa shape index (κ3) is 3.83. The van der Waals surface area contributed by atoms with Crippen molar-refractivity contribution in [1.29, 1.82) is 0 Å². The summed E-state index contributed by atoms with van der Waals surface area (Å²) in [5, 5.41) is 0. The summed E-state index contributed by atoms with van der Waals surface area (Å²) in [6, 6.07) is 11.3. The molecule has 0 saturated heterocycles. The van der Waals surface area contributed by atoms with Gasteiger partial charge in [-0.05, 0) is 29.3 Å². The van der Waals surface area contributed by atoms with E-state index in [0.717, 1.165) is 4.57 Å². The van der Waals surface area contributed by atoms with Crippen LogP contribution < -0.4 is 20.7 Å². The molecule has 0 fully saturated rings. The number of hydrogen-bond acceptors (Lipinski definition) is 6. The van der Waals surface area contributed by atoms with E-state index in [2.05, 4.69) is 14.7 Å². The molecule has 2 N–H and O–H groups in total. The van der Waals surface area contributed by atoms with Crippen molar-refractivity contribution >= 4 is 21.1 Å². The van der Waals surface area contributed by atoms with Crippen LogP contribution in [0.15, 0.2) is 63.1 Å². The van der Waals surface area contributed by atoms with Crippen LogP contribution in [0.4, 0.5) is 0 Å². The lowest BCUT2D eigenvalue weighted by Gasteiger charge is -2.08. The van der Waals surface area contributed by atoms with Crippen LogP contribution in [-0.2, 0) is 30.7 Å². The van der Waals surface area contributed by atoms with Crippen molar-refractivity contribution in [3.05, 3.63) is 75.1 Å². The molecule has 0 spiro atoms. The Labute approximate surface area is 183 Å². The lowest BCUT2D eigenvalue weighted by Crippen LogP contribution is -2.36. The summed E-state index contributed by atoms with van der Waals surface area (Å²) in [6.45, 7) is 0.0838. The first-order valence-corrected chi connectivity index (χ1v) is 11.1. The molecule has 166 valence electrons. The van der Waals surface area contributed by atoms with E-state index in [1.54, 1.807) is 37.4 Å². The second-order valence-electron chi connectivity index (χ2n) is 7.21. The average molecular weight is 455 g/mol. The molecule has 0 atom stereocenters. The molecule has 4 aromatic rings. The summed E-state index contributed by atoms with van der Waals surface area (Å²) < 4.78 is 35.2. The molecule has 1 aromatic carbocycles. The Hall–Kier alpha value is -3.70. The maximum atomic E-state index is 12.6. The van der Waals surface area contributed by atoms with Gasteiger partial charge in [0.05, 0.1) is 17.5 Å². The van der Waals surface area contributed by atoms with Crippen LogP contribution in [-0.4, -0.2) is 34.6 Å². The van der Waals surface area contributed by atoms with Crippen LogP contribution >= 0.6 is 0 Å². The maximum Gasteiger partial charge on any atom is 0.331 e. The first-order valence-electron chi connectivity index (χ1n) is 9.59. The number of benzene rings is 1. The van der Waals surface area contributed by atoms with Crippen LogP contribution in [0.25, 0.3) is 22.3 Å². The number of aromatic amines is 1. The number of sulfonamides is 1. The van der Waals surface area contributed by atoms with Gasteiger partial charge in [-0.1, -0.05) is 18.2 Å². The topological polar surface area (TPSA) is 128 Å². The monoisotopic (exact) mass is 455 g/mol. The van der Waals surface area contributed by atoms with E-state index in [0.29, 0.717) is 33.7 Å². The second kappa shape index (κ2) is 8.09. The zero-order valence-electron chi connectivity index (χ0n) is 17.6. The molecular formula is C21H21N5O5S. The number of ether oxygens (including phenoxy) is 1. The molecular weight excluding hydrogens is 434 g/mol. The zero-order chi connectivity index (χ0) is 23.0. The second-order valence-corrected chi connectivity index (χ2v) is 8.97. The molecule has 0 aliphatic heterocycles. The van der Waals surface area contributed by atoms with Crippen molar-refractivity contribution in [3.8, 4) is 17.1 Å². The van der Waals surface area contributed by atoms with Gasteiger partial charge in [-0.2, -0.15) is 0 Å². The van der Waals surface area contributed by atoms with Crippen molar-refractivity contribution in [2.75, 3.05) is 7.11 Å². The number of rotatable bonds is 6. The predicted molar refractivity (Wildman–Crippen MR) is 119 cm³/mol. The molecule has 0 aliphatic rings. The number of aryl methyl sites for hydroxylation is 1. The molecule has 3 heterocycles. The van der Waals surface area contributed by atoms with Gasteiger partial charge in [-0.3, -0.25) is 13.9 Å². The van der Waals surface area contributed by atoms with Crippen molar-refractivity contribution in [1.82, 2.24) is 23.8 Å². The molecule has 0 aliphatic carbocycles. The first-order chi connectivity index (χ1) is 15.2. The molecule has 0 saturated carbocycles. The molecule has 3 aromatic heterocycles. The highest BCUT2D eigenvalue weighted by molar-refractivity contribution is 7.89. The summed E-state index contributed by atoms with van der Waals surface area (Å²) in [6.07, 6.45) is 1.54. The minimum absolute atomic E-state index is 0.0838. The minimum Gasteiger partial charge on any atom is -0.481 e. The molecule has 0 radical (unpaired) electrons. The molecule has 11 heteroatoms. The number of hydrogen-bond donors (Lipinski definition) is 2. The quantitative estimate of drug-likeness (QED) is 0.448. The van der Waals surface area contributed by atoms with Crippen molar-refractivity contribution < 1.29 is 13.2 Å². The van der Waals surface area contributed by atoms with Gasteiger partial charge in [-0.15, -0.1) is 0 Å². The Morgan fingerprint density at radius 1 is 1.06 bits per heavy atom. The van der Waals surface area contributed by atoms with Gasteiger partial charge in [0.15, 0.2) is 0 Å². The standard InChI is InChI=1S/C21H21N5O5S/c1-25-17-10-16(24-19(17)20(27)26(2)21(25)28)14-5-7-15(8-6-14)32(29,30)23-12-13-4-9-18(31-3)22-11-13/h4-11,23-24H,12H2,1-3H3. The van der Waals surface area contributed by atoms with E-state index in [1.165, 1.54) is 37.1 Å². The largest absolute Gasteiger partial charge is 0.481 e. The molecule has 32 heavy (non-hydrogen) atoms. The lowest BCUT2D eigenvalue weighted by atomic mass is 10.1. The smallest absolute Gasteiger partial charge is 0.331 e. The molecule has 0 bridgehead atoms. The van der Waals surface area contributed by atoms with Gasteiger partial charge in [0.25, 0.3) is 5.56 Å². The SMILES string of the molecule is COc1ccc(CNS(=O)(=O)c2ccc(-c3cc4c([nH]3)c(=O)n(C)c(=O)n4C)cc2)cn1. The normalized spacial score (nSPS) is 11.7. The van der Waals surface area contributed by atoms with Crippen LogP contribution in [0.5, 0.6) is 5.88 Å². The van der Waals surface area contributed by atoms with Gasteiger partial charge in [0.2, 0.25) is 15.9 Å². The number of methoxy groups -OCH3 is 1. The van der Waals surface area contributed by atoms with Gasteiger partial charge in [0.1, 0.15) is 5.52 Å². The summed E-state index contributed by atoms with van der Waals surface area (Å²) >= 11 is 0. The van der Waals surface area contributed by atoms with E-state index in [-0.39, 0.29) is 11.4 Å². The molecule has 4 rings (SSSR count). The Morgan fingerprint density at radius 2 is 1.78 bits per heavy atom. The van der Waals surface area contributed by atoms with Crippen LogP contribution in [0.1, 0.15) is 5.56 Å². The van der Waals surface area contributed by atoms with Gasteiger partial charge in [0, 0.05) is 38.6 Å². The van der Waals surface area contributed by atoms with E-state index in [1.807, 2.05) is 0 Å². The number of nitrogens with zero attached hydrogens (tertiary/aromatic N) is 3. The maximum absolute atomic E-state index is 12.6. The molecule has 0 amide bonds. The highest BCUT2D eigenvalue weighted by Gasteiger charge is 2.16. The first kappa shape index (κ1) is 21.5. The minimum atomic E-state index is -3.74. The van der Waals surface area contributed by atoms with Gasteiger partial charge in [-0.25, -0.2) is 22.9 Å². The Bertz CT molecular complexity index is 1510. The van der Waals surface area contributed by atoms with E-state index >= 15 is 0 Å². The predicted octanol–water partition coefficient (Wildman–Crippen LogP) is 1.11. The average Bonchev–Trinajstić information content (AvgIpc) is 3.26. The highest BCUT2D eigenvalue weighted by Crippen LogP contribution is 2.23. The lowest BCUT2D eigenvalue weighted by molar-refractivity contribution is 0.397. The van der Waals surface area contributed by atoms with Crippen molar-refractivity contribution in [3.63, 3.8) is 0 Å². The third-order valence-electron chi connectivity index (χ3n) is 5.20. The Morgan fingerprint density at radius 3 is 2.41 bits per heavy atom. The third-order valence-corrected chi connectivity index (χ3v) is 6.62. The summed E-state index contributed by atoms with van der Waals surface area (Å²) in [5.41, 5.74) is 1.89. The Kier molecular flexibility index (Phi) is 5.45. The van der Waals surface area contributed by atoms with E-state index < -0.39 is 21.3 Å². The summed E-state index contributed by atoms with van der Waals surface area (Å²) in [5.74, 6) is 0.446. The van der Waals surface area contributed by atoms with Crippen molar-refractivity contribution in [2.24, 2.45) is 14.1 Å². The summed E-state index contributed by atoms with van der Waals surface area (Å²) in [7, 11) is 0.765. The number of H-pyrrole nitrogens is 1. The van der Waals surface area contributed by atoms with Crippen LogP contribution in [0, 0.1) is 0 Å². The fraction of sp³-hybridized carbons (Fsp3) is 0.190.